The average molecular weight is 249 g/mol. The molecule has 0 saturated carbocycles. The standard InChI is InChI=1S/C12H11NO5/c1-16-10-3-2-8(12(14)15)6-11(10)17-7-9-4-5-13-18-9/h2-6H,7H2,1H3,(H,14,15). The second-order valence-corrected chi connectivity index (χ2v) is 3.44. The topological polar surface area (TPSA) is 81.8 Å². The largest absolute Gasteiger partial charge is 0.493 e. The summed E-state index contributed by atoms with van der Waals surface area (Å²) in [6, 6.07) is 6.05. The van der Waals surface area contributed by atoms with Crippen LogP contribution in [0, 0.1) is 0 Å². The maximum absolute atomic E-state index is 10.9. The van der Waals surface area contributed by atoms with Crippen LogP contribution >= 0.6 is 0 Å². The molecule has 1 aromatic carbocycles. The number of methoxy groups -OCH3 is 1. The number of rotatable bonds is 5. The Morgan fingerprint density at radius 1 is 1.39 bits per heavy atom. The molecule has 0 fully saturated rings. The molecular formula is C12H11NO5. The van der Waals surface area contributed by atoms with E-state index in [0.717, 1.165) is 0 Å². The van der Waals surface area contributed by atoms with E-state index < -0.39 is 5.97 Å². The zero-order valence-corrected chi connectivity index (χ0v) is 9.62. The molecule has 1 N–H and O–H groups in total. The van der Waals surface area contributed by atoms with Crippen molar-refractivity contribution in [3.05, 3.63) is 41.8 Å². The first-order valence-electron chi connectivity index (χ1n) is 5.14. The Hall–Kier alpha value is -2.50. The third-order valence-electron chi connectivity index (χ3n) is 2.27. The van der Waals surface area contributed by atoms with Crippen LogP contribution in [0.1, 0.15) is 16.1 Å². The molecule has 1 aromatic heterocycles. The summed E-state index contributed by atoms with van der Waals surface area (Å²) in [5.41, 5.74) is 0.128. The van der Waals surface area contributed by atoms with Gasteiger partial charge >= 0.3 is 5.97 Å². The quantitative estimate of drug-likeness (QED) is 0.872. The van der Waals surface area contributed by atoms with Gasteiger partial charge in [-0.3, -0.25) is 0 Å². The van der Waals surface area contributed by atoms with Crippen LogP contribution < -0.4 is 9.47 Å². The van der Waals surface area contributed by atoms with Crippen molar-refractivity contribution in [3.8, 4) is 11.5 Å². The SMILES string of the molecule is COc1ccc(C(=O)O)cc1OCc1ccno1. The van der Waals surface area contributed by atoms with Crippen molar-refractivity contribution >= 4 is 5.97 Å². The minimum absolute atomic E-state index is 0.128. The second-order valence-electron chi connectivity index (χ2n) is 3.44. The number of hydrogen-bond donors (Lipinski definition) is 1. The molecular weight excluding hydrogens is 238 g/mol. The lowest BCUT2D eigenvalue weighted by Gasteiger charge is -2.09. The number of carboxylic acid groups (broad SMARTS) is 1. The maximum Gasteiger partial charge on any atom is 0.335 e. The van der Waals surface area contributed by atoms with Gasteiger partial charge < -0.3 is 19.1 Å². The lowest BCUT2D eigenvalue weighted by atomic mass is 10.2. The molecule has 2 aromatic rings. The van der Waals surface area contributed by atoms with Crippen LogP contribution in [0.15, 0.2) is 35.0 Å². The Kier molecular flexibility index (Phi) is 3.47. The second kappa shape index (κ2) is 5.22. The molecule has 0 bridgehead atoms. The van der Waals surface area contributed by atoms with E-state index in [1.807, 2.05) is 0 Å². The van der Waals surface area contributed by atoms with E-state index in [1.54, 1.807) is 12.1 Å². The number of aromatic carboxylic acids is 1. The molecule has 0 atom stereocenters. The molecule has 94 valence electrons. The van der Waals surface area contributed by atoms with E-state index in [0.29, 0.717) is 17.3 Å². The fourth-order valence-corrected chi connectivity index (χ4v) is 1.39. The predicted molar refractivity (Wildman–Crippen MR) is 60.8 cm³/mol. The lowest BCUT2D eigenvalue weighted by Crippen LogP contribution is -2.01. The zero-order valence-electron chi connectivity index (χ0n) is 9.62. The molecule has 0 aliphatic rings. The van der Waals surface area contributed by atoms with Crippen molar-refractivity contribution in [2.75, 3.05) is 7.11 Å². The first kappa shape index (κ1) is 12.0. The van der Waals surface area contributed by atoms with Gasteiger partial charge in [-0.25, -0.2) is 4.79 Å². The molecule has 2 rings (SSSR count). The fraction of sp³-hybridized carbons (Fsp3) is 0.167. The van der Waals surface area contributed by atoms with Crippen molar-refractivity contribution < 1.29 is 23.9 Å². The van der Waals surface area contributed by atoms with Crippen LogP contribution in [0.4, 0.5) is 0 Å². The molecule has 6 nitrogen and oxygen atoms in total. The minimum Gasteiger partial charge on any atom is -0.493 e. The molecule has 0 aliphatic carbocycles. The van der Waals surface area contributed by atoms with Gasteiger partial charge in [0.1, 0.15) is 6.61 Å². The number of hydrogen-bond acceptors (Lipinski definition) is 5. The van der Waals surface area contributed by atoms with Crippen molar-refractivity contribution in [3.63, 3.8) is 0 Å². The first-order valence-corrected chi connectivity index (χ1v) is 5.14. The molecule has 0 spiro atoms. The van der Waals surface area contributed by atoms with Gasteiger partial charge in [0, 0.05) is 6.07 Å². The van der Waals surface area contributed by atoms with Crippen LogP contribution in [0.5, 0.6) is 11.5 Å². The lowest BCUT2D eigenvalue weighted by molar-refractivity contribution is 0.0696. The van der Waals surface area contributed by atoms with Crippen molar-refractivity contribution in [2.45, 2.75) is 6.61 Å². The summed E-state index contributed by atoms with van der Waals surface area (Å²) >= 11 is 0. The summed E-state index contributed by atoms with van der Waals surface area (Å²) in [6.45, 7) is 0.152. The highest BCUT2D eigenvalue weighted by atomic mass is 16.5. The van der Waals surface area contributed by atoms with E-state index in [2.05, 4.69) is 5.16 Å². The van der Waals surface area contributed by atoms with Crippen LogP contribution in [0.25, 0.3) is 0 Å². The third-order valence-corrected chi connectivity index (χ3v) is 2.27. The Balaban J connectivity index is 2.18. The summed E-state index contributed by atoms with van der Waals surface area (Å²) in [5.74, 6) is 0.313. The van der Waals surface area contributed by atoms with E-state index in [1.165, 1.54) is 25.4 Å². The maximum atomic E-state index is 10.9. The Bertz CT molecular complexity index is 535. The monoisotopic (exact) mass is 249 g/mol. The summed E-state index contributed by atoms with van der Waals surface area (Å²) < 4.78 is 15.4. The number of carboxylic acids is 1. The number of benzene rings is 1. The van der Waals surface area contributed by atoms with E-state index in [4.69, 9.17) is 19.1 Å². The molecule has 6 heteroatoms. The predicted octanol–water partition coefficient (Wildman–Crippen LogP) is 1.96. The Morgan fingerprint density at radius 3 is 2.83 bits per heavy atom. The van der Waals surface area contributed by atoms with Crippen LogP contribution in [0.3, 0.4) is 0 Å². The summed E-state index contributed by atoms with van der Waals surface area (Å²) in [7, 11) is 1.48. The van der Waals surface area contributed by atoms with Crippen LogP contribution in [0.2, 0.25) is 0 Å². The molecule has 0 aliphatic heterocycles. The van der Waals surface area contributed by atoms with Gasteiger partial charge in [0.05, 0.1) is 18.9 Å². The van der Waals surface area contributed by atoms with Crippen LogP contribution in [-0.2, 0) is 6.61 Å². The minimum atomic E-state index is -1.03. The Morgan fingerprint density at radius 2 is 2.22 bits per heavy atom. The first-order chi connectivity index (χ1) is 8.70. The highest BCUT2D eigenvalue weighted by Crippen LogP contribution is 2.28. The summed E-state index contributed by atoms with van der Waals surface area (Å²) in [4.78, 5) is 10.9. The van der Waals surface area contributed by atoms with Gasteiger partial charge in [-0.2, -0.15) is 0 Å². The summed E-state index contributed by atoms with van der Waals surface area (Å²) in [5, 5.41) is 12.4. The van der Waals surface area contributed by atoms with E-state index >= 15 is 0 Å². The number of ether oxygens (including phenoxy) is 2. The van der Waals surface area contributed by atoms with Gasteiger partial charge in [-0.15, -0.1) is 0 Å². The highest BCUT2D eigenvalue weighted by molar-refractivity contribution is 5.88. The molecule has 0 radical (unpaired) electrons. The van der Waals surface area contributed by atoms with Gasteiger partial charge in [0.2, 0.25) is 0 Å². The van der Waals surface area contributed by atoms with Gasteiger partial charge in [0.15, 0.2) is 17.3 Å². The Labute approximate surface area is 103 Å². The van der Waals surface area contributed by atoms with Crippen molar-refractivity contribution in [1.82, 2.24) is 5.16 Å². The van der Waals surface area contributed by atoms with Crippen molar-refractivity contribution in [1.29, 1.82) is 0 Å². The number of carbonyl (C=O) groups is 1. The van der Waals surface area contributed by atoms with Crippen LogP contribution in [-0.4, -0.2) is 23.3 Å². The van der Waals surface area contributed by atoms with Gasteiger partial charge in [-0.1, -0.05) is 5.16 Å². The number of aromatic nitrogens is 1. The molecule has 0 saturated heterocycles. The normalized spacial score (nSPS) is 10.1. The fourth-order valence-electron chi connectivity index (χ4n) is 1.39. The number of nitrogens with zero attached hydrogens (tertiary/aromatic N) is 1. The van der Waals surface area contributed by atoms with E-state index in [9.17, 15) is 4.79 Å². The van der Waals surface area contributed by atoms with Crippen molar-refractivity contribution in [2.24, 2.45) is 0 Å². The van der Waals surface area contributed by atoms with Gasteiger partial charge in [0.25, 0.3) is 0 Å². The van der Waals surface area contributed by atoms with E-state index in [-0.39, 0.29) is 12.2 Å². The third kappa shape index (κ3) is 2.60. The van der Waals surface area contributed by atoms with Gasteiger partial charge in [-0.05, 0) is 18.2 Å². The summed E-state index contributed by atoms with van der Waals surface area (Å²) in [6.07, 6.45) is 1.50. The highest BCUT2D eigenvalue weighted by Gasteiger charge is 2.10. The molecule has 0 unspecified atom stereocenters. The smallest absolute Gasteiger partial charge is 0.335 e. The molecule has 1 heterocycles. The average Bonchev–Trinajstić information content (AvgIpc) is 2.89. The molecule has 18 heavy (non-hydrogen) atoms. The molecule has 0 amide bonds. The zero-order chi connectivity index (χ0) is 13.0.